The number of aryl methyl sites for hydroxylation is 1. The van der Waals surface area contributed by atoms with Crippen molar-refractivity contribution >= 4 is 11.7 Å². The van der Waals surface area contributed by atoms with E-state index in [1.54, 1.807) is 13.0 Å². The molecule has 222 valence electrons. The lowest BCUT2D eigenvalue weighted by atomic mass is 9.89. The van der Waals surface area contributed by atoms with Crippen molar-refractivity contribution in [3.63, 3.8) is 0 Å². The Kier molecular flexibility index (Phi) is 8.05. The first-order valence-corrected chi connectivity index (χ1v) is 14.3. The first-order chi connectivity index (χ1) is 20.3. The quantitative estimate of drug-likeness (QED) is 0.239. The van der Waals surface area contributed by atoms with E-state index in [1.807, 2.05) is 12.1 Å². The average molecular weight is 583 g/mol. The molecule has 3 atom stereocenters. The number of ether oxygens (including phenoxy) is 1. The molecule has 0 amide bonds. The number of aromatic nitrogens is 3. The Bertz CT molecular complexity index is 1470. The molecule has 1 saturated heterocycles. The molecule has 2 aromatic carbocycles. The number of para-hydroxylation sites is 1. The van der Waals surface area contributed by atoms with Crippen molar-refractivity contribution in [2.45, 2.75) is 69.9 Å². The summed E-state index contributed by atoms with van der Waals surface area (Å²) in [7, 11) is 0. The van der Waals surface area contributed by atoms with E-state index in [-0.39, 0.29) is 35.2 Å². The highest BCUT2D eigenvalue weighted by Gasteiger charge is 2.33. The molecule has 2 aliphatic rings. The number of oxazole rings is 1. The van der Waals surface area contributed by atoms with Crippen molar-refractivity contribution in [2.24, 2.45) is 0 Å². The van der Waals surface area contributed by atoms with Crippen LogP contribution in [0.15, 0.2) is 63.6 Å². The maximum atomic E-state index is 12.9. The normalized spacial score (nSPS) is 21.3. The van der Waals surface area contributed by atoms with Crippen LogP contribution in [-0.2, 0) is 0 Å². The van der Waals surface area contributed by atoms with Crippen molar-refractivity contribution in [1.82, 2.24) is 20.5 Å². The molecule has 9 nitrogen and oxygen atoms in total. The Morgan fingerprint density at radius 1 is 0.929 bits per heavy atom. The molecular weight excluding hydrogens is 549 g/mol. The molecule has 0 spiro atoms. The molecule has 0 bridgehead atoms. The van der Waals surface area contributed by atoms with Crippen molar-refractivity contribution < 1.29 is 26.7 Å². The fourth-order valence-electron chi connectivity index (χ4n) is 5.89. The van der Waals surface area contributed by atoms with E-state index in [4.69, 9.17) is 8.83 Å². The van der Waals surface area contributed by atoms with Crippen LogP contribution in [0.25, 0.3) is 22.8 Å². The molecule has 2 aromatic heterocycles. The Morgan fingerprint density at radius 3 is 2.48 bits per heavy atom. The summed E-state index contributed by atoms with van der Waals surface area (Å²) in [5.74, 6) is 0.940. The van der Waals surface area contributed by atoms with Crippen LogP contribution in [-0.4, -0.2) is 52.8 Å². The van der Waals surface area contributed by atoms with Crippen molar-refractivity contribution in [1.29, 1.82) is 0 Å². The molecule has 0 radical (unpaired) electrons. The lowest BCUT2D eigenvalue weighted by Crippen LogP contribution is -2.54. The summed E-state index contributed by atoms with van der Waals surface area (Å²) in [4.78, 5) is 6.72. The number of benzene rings is 2. The standard InChI is InChI=1S/C30H33F3N6O3/c1-19-37-38-28(40-19)20-12-14-22(15-13-20)39-16-6-7-21(18-39)35-24-9-3-4-10-25(24)36-29-34-17-27(41-29)23-8-2-5-11-26(23)42-30(31,32)33/h2,5,8,11-15,17,21,24-25,35H,3-4,6-7,9-10,16,18H2,1H3,(H,34,36)/t21-,24+,25+/m0/s1. The van der Waals surface area contributed by atoms with E-state index in [9.17, 15) is 13.2 Å². The topological polar surface area (TPSA) is 101 Å². The molecule has 1 aliphatic heterocycles. The third kappa shape index (κ3) is 6.70. The van der Waals surface area contributed by atoms with Crippen LogP contribution >= 0.6 is 0 Å². The molecule has 2 fully saturated rings. The lowest BCUT2D eigenvalue weighted by Gasteiger charge is -2.40. The van der Waals surface area contributed by atoms with Crippen LogP contribution < -0.4 is 20.3 Å². The number of hydrogen-bond donors (Lipinski definition) is 2. The highest BCUT2D eigenvalue weighted by molar-refractivity contribution is 5.66. The first-order valence-electron chi connectivity index (χ1n) is 14.3. The number of anilines is 2. The van der Waals surface area contributed by atoms with Crippen molar-refractivity contribution in [3.05, 3.63) is 60.6 Å². The summed E-state index contributed by atoms with van der Waals surface area (Å²) < 4.78 is 54.3. The zero-order valence-corrected chi connectivity index (χ0v) is 23.2. The Hall–Kier alpha value is -4.06. The molecule has 2 N–H and O–H groups in total. The van der Waals surface area contributed by atoms with Crippen LogP contribution in [0.3, 0.4) is 0 Å². The van der Waals surface area contributed by atoms with Crippen molar-refractivity contribution in [2.75, 3.05) is 23.3 Å². The molecule has 42 heavy (non-hydrogen) atoms. The predicted molar refractivity (Wildman–Crippen MR) is 151 cm³/mol. The maximum absolute atomic E-state index is 12.9. The smallest absolute Gasteiger partial charge is 0.423 e. The van der Waals surface area contributed by atoms with Crippen LogP contribution in [0.4, 0.5) is 24.9 Å². The predicted octanol–water partition coefficient (Wildman–Crippen LogP) is 6.58. The Labute approximate surface area is 241 Å². The van der Waals surface area contributed by atoms with Crippen LogP contribution in [0.5, 0.6) is 5.75 Å². The number of nitrogens with zero attached hydrogens (tertiary/aromatic N) is 4. The van der Waals surface area contributed by atoms with Gasteiger partial charge in [-0.2, -0.15) is 0 Å². The van der Waals surface area contributed by atoms with E-state index < -0.39 is 6.36 Å². The van der Waals surface area contributed by atoms with Gasteiger partial charge in [0, 0.05) is 49.4 Å². The number of halogens is 3. The van der Waals surface area contributed by atoms with Crippen LogP contribution in [0.1, 0.15) is 44.4 Å². The van der Waals surface area contributed by atoms with E-state index >= 15 is 0 Å². The van der Waals surface area contributed by atoms with Crippen molar-refractivity contribution in [3.8, 4) is 28.5 Å². The van der Waals surface area contributed by atoms with Gasteiger partial charge in [0.1, 0.15) is 5.75 Å². The van der Waals surface area contributed by atoms with Gasteiger partial charge in [-0.1, -0.05) is 25.0 Å². The molecule has 0 unspecified atom stereocenters. The highest BCUT2D eigenvalue weighted by atomic mass is 19.4. The van der Waals surface area contributed by atoms with Gasteiger partial charge < -0.3 is 29.1 Å². The molecule has 12 heteroatoms. The molecule has 4 aromatic rings. The van der Waals surface area contributed by atoms with Gasteiger partial charge in [-0.05, 0) is 62.1 Å². The summed E-state index contributed by atoms with van der Waals surface area (Å²) >= 11 is 0. The first kappa shape index (κ1) is 28.1. The van der Waals surface area contributed by atoms with Gasteiger partial charge in [0.25, 0.3) is 6.01 Å². The minimum absolute atomic E-state index is 0.0828. The second-order valence-electron chi connectivity index (χ2n) is 10.8. The Morgan fingerprint density at radius 2 is 1.71 bits per heavy atom. The number of piperidine rings is 1. The summed E-state index contributed by atoms with van der Waals surface area (Å²) in [6.07, 6.45) is 2.95. The summed E-state index contributed by atoms with van der Waals surface area (Å²) in [5.41, 5.74) is 2.24. The Balaban J connectivity index is 1.09. The monoisotopic (exact) mass is 582 g/mol. The lowest BCUT2D eigenvalue weighted by molar-refractivity contribution is -0.274. The summed E-state index contributed by atoms with van der Waals surface area (Å²) in [6, 6.07) is 15.0. The second kappa shape index (κ2) is 12.0. The van der Waals surface area contributed by atoms with E-state index in [2.05, 4.69) is 47.6 Å². The van der Waals surface area contributed by atoms with Gasteiger partial charge in [0.2, 0.25) is 11.8 Å². The number of hydrogen-bond acceptors (Lipinski definition) is 9. The van der Waals surface area contributed by atoms with E-state index in [0.717, 1.165) is 62.9 Å². The number of nitrogens with one attached hydrogen (secondary N) is 2. The van der Waals surface area contributed by atoms with E-state index in [0.29, 0.717) is 17.8 Å². The van der Waals surface area contributed by atoms with Gasteiger partial charge in [-0.3, -0.25) is 0 Å². The molecule has 3 heterocycles. The highest BCUT2D eigenvalue weighted by Crippen LogP contribution is 2.35. The molecule has 1 saturated carbocycles. The second-order valence-corrected chi connectivity index (χ2v) is 10.8. The molecule has 1 aliphatic carbocycles. The van der Waals surface area contributed by atoms with Crippen LogP contribution in [0, 0.1) is 6.92 Å². The zero-order chi connectivity index (χ0) is 29.1. The SMILES string of the molecule is Cc1nnc(-c2ccc(N3CCC[C@H](N[C@@H]4CCCC[C@H]4Nc4ncc(-c5ccccc5OC(F)(F)F)o4)C3)cc2)o1. The third-order valence-corrected chi connectivity index (χ3v) is 7.84. The molecule has 6 rings (SSSR count). The minimum atomic E-state index is -4.80. The minimum Gasteiger partial charge on any atom is -0.423 e. The summed E-state index contributed by atoms with van der Waals surface area (Å²) in [5, 5.41) is 15.3. The van der Waals surface area contributed by atoms with Gasteiger partial charge in [0.15, 0.2) is 5.76 Å². The fourth-order valence-corrected chi connectivity index (χ4v) is 5.89. The largest absolute Gasteiger partial charge is 0.573 e. The van der Waals surface area contributed by atoms with Gasteiger partial charge in [0.05, 0.1) is 11.8 Å². The zero-order valence-electron chi connectivity index (χ0n) is 23.2. The van der Waals surface area contributed by atoms with Gasteiger partial charge in [-0.15, -0.1) is 23.4 Å². The fraction of sp³-hybridized carbons (Fsp3) is 0.433. The number of alkyl halides is 3. The van der Waals surface area contributed by atoms with Crippen LogP contribution in [0.2, 0.25) is 0 Å². The van der Waals surface area contributed by atoms with Gasteiger partial charge >= 0.3 is 6.36 Å². The van der Waals surface area contributed by atoms with E-state index in [1.165, 1.54) is 24.4 Å². The molecular formula is C30H33F3N6O3. The maximum Gasteiger partial charge on any atom is 0.573 e. The third-order valence-electron chi connectivity index (χ3n) is 7.84. The number of rotatable bonds is 8. The average Bonchev–Trinajstić information content (AvgIpc) is 3.63. The summed E-state index contributed by atoms with van der Waals surface area (Å²) in [6.45, 7) is 3.65. The van der Waals surface area contributed by atoms with Gasteiger partial charge in [-0.25, -0.2) is 4.98 Å².